The van der Waals surface area contributed by atoms with Gasteiger partial charge in [0.1, 0.15) is 18.4 Å². The van der Waals surface area contributed by atoms with Gasteiger partial charge in [-0.25, -0.2) is 8.78 Å². The lowest BCUT2D eigenvalue weighted by Gasteiger charge is -2.10. The third-order valence-corrected chi connectivity index (χ3v) is 2.80. The van der Waals surface area contributed by atoms with Gasteiger partial charge in [-0.3, -0.25) is 10.8 Å². The van der Waals surface area contributed by atoms with Crippen molar-refractivity contribution in [1.29, 1.82) is 10.7 Å². The van der Waals surface area contributed by atoms with Crippen LogP contribution >= 0.6 is 15.9 Å². The first kappa shape index (κ1) is 15.8. The summed E-state index contributed by atoms with van der Waals surface area (Å²) in [5.74, 6) is -0.284. The molecule has 0 aromatic heterocycles. The Hall–Kier alpha value is -2.21. The first-order chi connectivity index (χ1) is 9.45. The van der Waals surface area contributed by atoms with Crippen LogP contribution in [0.1, 0.15) is 0 Å². The molecule has 0 saturated carbocycles. The zero-order chi connectivity index (χ0) is 15.1. The van der Waals surface area contributed by atoms with E-state index in [2.05, 4.69) is 26.5 Å². The van der Waals surface area contributed by atoms with Gasteiger partial charge in [0.05, 0.1) is 10.2 Å². The summed E-state index contributed by atoms with van der Waals surface area (Å²) in [6.45, 7) is -0.734. The molecule has 9 heteroatoms. The summed E-state index contributed by atoms with van der Waals surface area (Å²) in [5.41, 5.74) is 7.72. The number of nitrogens with one attached hydrogen (secondary N) is 2. The second-order valence-electron chi connectivity index (χ2n) is 3.42. The maximum absolute atomic E-state index is 12.1. The minimum absolute atomic E-state index is 0.201. The molecule has 0 saturated heterocycles. The van der Waals surface area contributed by atoms with E-state index in [4.69, 9.17) is 21.1 Å². The van der Waals surface area contributed by atoms with Crippen molar-refractivity contribution < 1.29 is 13.5 Å². The fraction of sp³-hybridized carbons (Fsp3) is 0.182. The van der Waals surface area contributed by atoms with E-state index in [-0.39, 0.29) is 11.5 Å². The van der Waals surface area contributed by atoms with Crippen molar-refractivity contribution in [3.63, 3.8) is 0 Å². The number of benzene rings is 1. The van der Waals surface area contributed by atoms with Gasteiger partial charge in [0.25, 0.3) is 6.43 Å². The summed E-state index contributed by atoms with van der Waals surface area (Å²) < 4.78 is 29.4. The summed E-state index contributed by atoms with van der Waals surface area (Å²) >= 11 is 3.17. The van der Waals surface area contributed by atoms with Crippen LogP contribution < -0.4 is 15.9 Å². The number of nitrogens with two attached hydrogens (primary N) is 1. The second-order valence-corrected chi connectivity index (χ2v) is 4.21. The largest absolute Gasteiger partial charge is 0.486 e. The minimum atomic E-state index is -2.58. The molecule has 0 unspecified atom stereocenters. The van der Waals surface area contributed by atoms with Crippen LogP contribution in [0.25, 0.3) is 0 Å². The number of hydrogen-bond acceptors (Lipinski definition) is 5. The van der Waals surface area contributed by atoms with E-state index in [0.717, 1.165) is 0 Å². The van der Waals surface area contributed by atoms with Crippen LogP contribution in [0.2, 0.25) is 0 Å². The van der Waals surface area contributed by atoms with Crippen LogP contribution in [0.5, 0.6) is 5.75 Å². The maximum Gasteiger partial charge on any atom is 0.272 e. The topological polar surface area (TPSA) is 107 Å². The Morgan fingerprint density at radius 1 is 1.60 bits per heavy atom. The molecule has 0 spiro atoms. The zero-order valence-corrected chi connectivity index (χ0v) is 11.6. The van der Waals surface area contributed by atoms with Crippen molar-refractivity contribution in [3.05, 3.63) is 22.7 Å². The number of nitriles is 1. The normalized spacial score (nSPS) is 11.1. The van der Waals surface area contributed by atoms with Gasteiger partial charge < -0.3 is 10.5 Å². The van der Waals surface area contributed by atoms with E-state index in [1.54, 1.807) is 18.2 Å². The molecule has 6 nitrogen and oxygen atoms in total. The van der Waals surface area contributed by atoms with Gasteiger partial charge in [-0.1, -0.05) is 6.07 Å². The van der Waals surface area contributed by atoms with E-state index in [0.29, 0.717) is 10.2 Å². The Kier molecular flexibility index (Phi) is 5.86. The van der Waals surface area contributed by atoms with Crippen molar-refractivity contribution in [2.45, 2.75) is 6.43 Å². The molecule has 0 amide bonds. The van der Waals surface area contributed by atoms with Gasteiger partial charge in [0.2, 0.25) is 5.71 Å². The smallest absolute Gasteiger partial charge is 0.272 e. The first-order valence-corrected chi connectivity index (χ1v) is 6.02. The third-order valence-electron chi connectivity index (χ3n) is 1.98. The Bertz CT molecular complexity index is 570. The average molecular weight is 346 g/mol. The van der Waals surface area contributed by atoms with Crippen LogP contribution in [-0.2, 0) is 0 Å². The van der Waals surface area contributed by atoms with Gasteiger partial charge in [-0.15, -0.1) is 0 Å². The summed E-state index contributed by atoms with van der Waals surface area (Å²) in [5, 5.41) is 19.4. The molecule has 106 valence electrons. The van der Waals surface area contributed by atoms with E-state index in [9.17, 15) is 8.78 Å². The summed E-state index contributed by atoms with van der Waals surface area (Å²) in [4.78, 5) is 0. The summed E-state index contributed by atoms with van der Waals surface area (Å²) in [6, 6.07) is 6.28. The number of rotatable bonds is 6. The number of hydrogen-bond donors (Lipinski definition) is 3. The molecule has 1 rings (SSSR count). The number of ether oxygens (including phenoxy) is 1. The molecule has 0 atom stereocenters. The Labute approximate surface area is 121 Å². The molecule has 0 bridgehead atoms. The molecular formula is C11H10BrF2N5O. The minimum Gasteiger partial charge on any atom is -0.486 e. The Morgan fingerprint density at radius 2 is 2.30 bits per heavy atom. The third kappa shape index (κ3) is 4.47. The number of nitrogens with zero attached hydrogens (tertiary/aromatic N) is 2. The first-order valence-electron chi connectivity index (χ1n) is 5.23. The van der Waals surface area contributed by atoms with E-state index >= 15 is 0 Å². The number of anilines is 1. The zero-order valence-electron chi connectivity index (χ0n) is 10.0. The highest BCUT2D eigenvalue weighted by Gasteiger charge is 2.10. The lowest BCUT2D eigenvalue weighted by Crippen LogP contribution is -2.21. The van der Waals surface area contributed by atoms with Crippen LogP contribution in [-0.4, -0.2) is 24.6 Å². The lowest BCUT2D eigenvalue weighted by molar-refractivity contribution is 0.0815. The highest BCUT2D eigenvalue weighted by Crippen LogP contribution is 2.32. The van der Waals surface area contributed by atoms with E-state index < -0.39 is 18.9 Å². The molecule has 1 aromatic carbocycles. The Morgan fingerprint density at radius 3 is 2.85 bits per heavy atom. The van der Waals surface area contributed by atoms with Crippen LogP contribution in [0.15, 0.2) is 27.8 Å². The van der Waals surface area contributed by atoms with Crippen molar-refractivity contribution in [2.75, 3.05) is 12.0 Å². The fourth-order valence-corrected chi connectivity index (χ4v) is 1.59. The number of alkyl halides is 2. The standard InChI is InChI=1S/C11H10BrF2N5O/c12-10-6(18-19-7(4-15)11(16)17)2-1-3-8(10)20-5-9(13)14/h1-3,9,18H,5H2,(H3,16,17)/b19-7+. The van der Waals surface area contributed by atoms with Crippen LogP contribution in [0.4, 0.5) is 14.5 Å². The van der Waals surface area contributed by atoms with Crippen molar-refractivity contribution in [3.8, 4) is 11.8 Å². The highest BCUT2D eigenvalue weighted by molar-refractivity contribution is 9.10. The lowest BCUT2D eigenvalue weighted by atomic mass is 10.3. The predicted octanol–water partition coefficient (Wildman–Crippen LogP) is 2.32. The predicted molar refractivity (Wildman–Crippen MR) is 74.2 cm³/mol. The van der Waals surface area contributed by atoms with E-state index in [1.165, 1.54) is 6.07 Å². The van der Waals surface area contributed by atoms with Crippen molar-refractivity contribution >= 4 is 33.2 Å². The fourth-order valence-electron chi connectivity index (χ4n) is 1.12. The molecule has 1 aromatic rings. The molecule has 0 aliphatic heterocycles. The highest BCUT2D eigenvalue weighted by atomic mass is 79.9. The van der Waals surface area contributed by atoms with Gasteiger partial charge >= 0.3 is 0 Å². The average Bonchev–Trinajstić information content (AvgIpc) is 2.39. The molecule has 0 aliphatic carbocycles. The van der Waals surface area contributed by atoms with Gasteiger partial charge in [-0.2, -0.15) is 10.4 Å². The second kappa shape index (κ2) is 7.40. The summed E-state index contributed by atoms with van der Waals surface area (Å²) in [6.07, 6.45) is -2.58. The molecule has 4 N–H and O–H groups in total. The molecule has 0 radical (unpaired) electrons. The van der Waals surface area contributed by atoms with E-state index in [1.807, 2.05) is 0 Å². The molecule has 0 heterocycles. The number of halogens is 3. The Balaban J connectivity index is 2.89. The van der Waals surface area contributed by atoms with Crippen LogP contribution in [0, 0.1) is 16.7 Å². The SMILES string of the molecule is N#C/C(=N\Nc1cccc(OCC(F)F)c1Br)C(=N)N. The quantitative estimate of drug-likeness (QED) is 0.417. The van der Waals surface area contributed by atoms with Crippen LogP contribution in [0.3, 0.4) is 0 Å². The summed E-state index contributed by atoms with van der Waals surface area (Å²) in [7, 11) is 0. The van der Waals surface area contributed by atoms with Gasteiger partial charge in [-0.05, 0) is 28.1 Å². The molecule has 0 fully saturated rings. The molecule has 0 aliphatic rings. The maximum atomic E-state index is 12.1. The molecular weight excluding hydrogens is 336 g/mol. The van der Waals surface area contributed by atoms with Gasteiger partial charge in [0.15, 0.2) is 5.84 Å². The van der Waals surface area contributed by atoms with Gasteiger partial charge in [0, 0.05) is 0 Å². The molecule has 20 heavy (non-hydrogen) atoms. The van der Waals surface area contributed by atoms with Crippen molar-refractivity contribution in [1.82, 2.24) is 0 Å². The number of amidine groups is 1. The number of hydrazone groups is 1. The monoisotopic (exact) mass is 345 g/mol. The van der Waals surface area contributed by atoms with Crippen molar-refractivity contribution in [2.24, 2.45) is 10.8 Å².